The first-order valence-electron chi connectivity index (χ1n) is 5.84. The summed E-state index contributed by atoms with van der Waals surface area (Å²) in [4.78, 5) is 0. The molecule has 1 heterocycles. The minimum Gasteiger partial charge on any atom is -0.320 e. The lowest BCUT2D eigenvalue weighted by Crippen LogP contribution is -2.11. The van der Waals surface area contributed by atoms with Gasteiger partial charge in [0.05, 0.1) is 12.2 Å². The van der Waals surface area contributed by atoms with Gasteiger partial charge in [-0.3, -0.25) is 4.68 Å². The molecule has 0 aliphatic rings. The topological polar surface area (TPSA) is 43.8 Å². The Hall–Kier alpha value is -0.650. The summed E-state index contributed by atoms with van der Waals surface area (Å²) in [5.74, 6) is 0. The van der Waals surface area contributed by atoms with Gasteiger partial charge < -0.3 is 5.73 Å². The van der Waals surface area contributed by atoms with Crippen LogP contribution in [0.5, 0.6) is 0 Å². The number of nitrogens with zero attached hydrogens (tertiary/aromatic N) is 2. The monoisotopic (exact) mass is 371 g/mol. The van der Waals surface area contributed by atoms with E-state index >= 15 is 0 Å². The highest BCUT2D eigenvalue weighted by atomic mass is 79.9. The molecule has 3 nitrogen and oxygen atoms in total. The molecule has 2 N–H and O–H groups in total. The molecule has 0 aliphatic carbocycles. The summed E-state index contributed by atoms with van der Waals surface area (Å²) < 4.78 is 3.97. The fourth-order valence-corrected chi connectivity index (χ4v) is 3.12. The molecule has 0 amide bonds. The van der Waals surface area contributed by atoms with Crippen LogP contribution < -0.4 is 5.73 Å². The Labute approximate surface area is 124 Å². The van der Waals surface area contributed by atoms with Crippen LogP contribution in [0.1, 0.15) is 30.5 Å². The highest BCUT2D eigenvalue weighted by Crippen LogP contribution is 2.29. The molecule has 0 spiro atoms. The zero-order valence-electron chi connectivity index (χ0n) is 10.1. The third kappa shape index (κ3) is 3.02. The van der Waals surface area contributed by atoms with E-state index in [4.69, 9.17) is 5.73 Å². The highest BCUT2D eigenvalue weighted by molar-refractivity contribution is 9.11. The molecule has 1 aromatic heterocycles. The number of benzene rings is 1. The Kier molecular flexibility index (Phi) is 4.59. The van der Waals surface area contributed by atoms with Gasteiger partial charge in [-0.2, -0.15) is 5.10 Å². The van der Waals surface area contributed by atoms with Gasteiger partial charge >= 0.3 is 0 Å². The van der Waals surface area contributed by atoms with Crippen molar-refractivity contribution in [3.8, 4) is 0 Å². The maximum Gasteiger partial charge on any atom is 0.0594 e. The molecule has 0 fully saturated rings. The van der Waals surface area contributed by atoms with Gasteiger partial charge in [-0.05, 0) is 24.1 Å². The van der Waals surface area contributed by atoms with Gasteiger partial charge in [-0.25, -0.2) is 0 Å². The predicted octanol–water partition coefficient (Wildman–Crippen LogP) is 3.87. The summed E-state index contributed by atoms with van der Waals surface area (Å²) in [6.07, 6.45) is 4.93. The van der Waals surface area contributed by atoms with Crippen LogP contribution in [0.3, 0.4) is 0 Å². The minimum atomic E-state index is -0.155. The molecule has 2 aromatic rings. The molecule has 0 bridgehead atoms. The Bertz CT molecular complexity index is 537. The summed E-state index contributed by atoms with van der Waals surface area (Å²) in [5, 5.41) is 4.31. The molecule has 18 heavy (non-hydrogen) atoms. The zero-order chi connectivity index (χ0) is 13.1. The SMILES string of the molecule is CCCn1cc(C(N)c2ccc(Br)cc2Br)cn1. The van der Waals surface area contributed by atoms with E-state index in [1.807, 2.05) is 35.3 Å². The quantitative estimate of drug-likeness (QED) is 0.885. The molecule has 0 radical (unpaired) electrons. The van der Waals surface area contributed by atoms with Gasteiger partial charge in [0.15, 0.2) is 0 Å². The van der Waals surface area contributed by atoms with E-state index in [9.17, 15) is 0 Å². The number of hydrogen-bond acceptors (Lipinski definition) is 2. The number of nitrogens with two attached hydrogens (primary N) is 1. The maximum absolute atomic E-state index is 6.28. The Morgan fingerprint density at radius 3 is 2.83 bits per heavy atom. The first-order valence-corrected chi connectivity index (χ1v) is 7.43. The Morgan fingerprint density at radius 1 is 1.39 bits per heavy atom. The summed E-state index contributed by atoms with van der Waals surface area (Å²) in [7, 11) is 0. The van der Waals surface area contributed by atoms with Gasteiger partial charge in [0.1, 0.15) is 0 Å². The van der Waals surface area contributed by atoms with Crippen molar-refractivity contribution in [3.63, 3.8) is 0 Å². The largest absolute Gasteiger partial charge is 0.320 e. The molecule has 1 unspecified atom stereocenters. The van der Waals surface area contributed by atoms with Crippen molar-refractivity contribution >= 4 is 31.9 Å². The van der Waals surface area contributed by atoms with E-state index in [-0.39, 0.29) is 6.04 Å². The highest BCUT2D eigenvalue weighted by Gasteiger charge is 2.14. The number of aryl methyl sites for hydroxylation is 1. The van der Waals surface area contributed by atoms with Crippen LogP contribution in [-0.4, -0.2) is 9.78 Å². The van der Waals surface area contributed by atoms with Crippen molar-refractivity contribution in [1.29, 1.82) is 0 Å². The van der Waals surface area contributed by atoms with Gasteiger partial charge in [0.2, 0.25) is 0 Å². The van der Waals surface area contributed by atoms with Crippen molar-refractivity contribution < 1.29 is 0 Å². The summed E-state index contributed by atoms with van der Waals surface area (Å²) >= 11 is 6.98. The van der Waals surface area contributed by atoms with Gasteiger partial charge in [-0.15, -0.1) is 0 Å². The number of halogens is 2. The van der Waals surface area contributed by atoms with Crippen LogP contribution in [0.25, 0.3) is 0 Å². The van der Waals surface area contributed by atoms with Crippen LogP contribution in [0.15, 0.2) is 39.5 Å². The molecule has 1 atom stereocenters. The molecule has 2 rings (SSSR count). The van der Waals surface area contributed by atoms with Crippen LogP contribution in [0.4, 0.5) is 0 Å². The Balaban J connectivity index is 2.26. The van der Waals surface area contributed by atoms with E-state index in [0.717, 1.165) is 33.0 Å². The molecule has 1 aromatic carbocycles. The molecule has 5 heteroatoms. The van der Waals surface area contributed by atoms with Crippen LogP contribution in [-0.2, 0) is 6.54 Å². The van der Waals surface area contributed by atoms with Crippen molar-refractivity contribution in [2.24, 2.45) is 5.73 Å². The molecular formula is C13H15Br2N3. The van der Waals surface area contributed by atoms with Crippen molar-refractivity contribution in [1.82, 2.24) is 9.78 Å². The number of hydrogen-bond donors (Lipinski definition) is 1. The third-order valence-electron chi connectivity index (χ3n) is 2.76. The van der Waals surface area contributed by atoms with Crippen molar-refractivity contribution in [3.05, 3.63) is 50.7 Å². The van der Waals surface area contributed by atoms with E-state index in [0.29, 0.717) is 0 Å². The molecular weight excluding hydrogens is 358 g/mol. The summed E-state index contributed by atoms with van der Waals surface area (Å²) in [5.41, 5.74) is 8.38. The summed E-state index contributed by atoms with van der Waals surface area (Å²) in [6, 6.07) is 5.87. The van der Waals surface area contributed by atoms with Gasteiger partial charge in [-0.1, -0.05) is 44.8 Å². The second-order valence-corrected chi connectivity index (χ2v) is 5.95. The minimum absolute atomic E-state index is 0.155. The van der Waals surface area contributed by atoms with Crippen molar-refractivity contribution in [2.45, 2.75) is 25.9 Å². The van der Waals surface area contributed by atoms with Crippen LogP contribution in [0.2, 0.25) is 0 Å². The van der Waals surface area contributed by atoms with E-state index < -0.39 is 0 Å². The first kappa shape index (κ1) is 13.8. The Morgan fingerprint density at radius 2 is 2.17 bits per heavy atom. The average molecular weight is 373 g/mol. The molecule has 0 saturated carbocycles. The van der Waals surface area contributed by atoms with Gasteiger partial charge in [0, 0.05) is 27.3 Å². The van der Waals surface area contributed by atoms with E-state index in [1.165, 1.54) is 0 Å². The first-order chi connectivity index (χ1) is 8.61. The van der Waals surface area contributed by atoms with E-state index in [1.54, 1.807) is 0 Å². The fourth-order valence-electron chi connectivity index (χ4n) is 1.82. The third-order valence-corrected chi connectivity index (χ3v) is 3.94. The van der Waals surface area contributed by atoms with Crippen LogP contribution >= 0.6 is 31.9 Å². The van der Waals surface area contributed by atoms with Crippen LogP contribution in [0, 0.1) is 0 Å². The normalized spacial score (nSPS) is 12.7. The fraction of sp³-hybridized carbons (Fsp3) is 0.308. The number of rotatable bonds is 4. The molecule has 96 valence electrons. The average Bonchev–Trinajstić information content (AvgIpc) is 2.77. The summed E-state index contributed by atoms with van der Waals surface area (Å²) in [6.45, 7) is 3.06. The van der Waals surface area contributed by atoms with Crippen molar-refractivity contribution in [2.75, 3.05) is 0 Å². The zero-order valence-corrected chi connectivity index (χ0v) is 13.3. The smallest absolute Gasteiger partial charge is 0.0594 e. The number of aromatic nitrogens is 2. The predicted molar refractivity (Wildman–Crippen MR) is 80.4 cm³/mol. The van der Waals surface area contributed by atoms with Gasteiger partial charge in [0.25, 0.3) is 0 Å². The lowest BCUT2D eigenvalue weighted by molar-refractivity contribution is 0.602. The second kappa shape index (κ2) is 5.99. The standard InChI is InChI=1S/C13H15Br2N3/c1-2-5-18-8-9(7-17-18)13(16)11-4-3-10(14)6-12(11)15/h3-4,6-8,13H,2,5,16H2,1H3. The van der Waals surface area contributed by atoms with E-state index in [2.05, 4.69) is 43.9 Å². The lowest BCUT2D eigenvalue weighted by atomic mass is 10.0. The maximum atomic E-state index is 6.28. The molecule has 0 aliphatic heterocycles. The second-order valence-electron chi connectivity index (χ2n) is 4.18. The lowest BCUT2D eigenvalue weighted by Gasteiger charge is -2.12. The molecule has 0 saturated heterocycles.